The number of benzene rings is 3. The predicted octanol–water partition coefficient (Wildman–Crippen LogP) is 6.93. The molecule has 164 valence electrons. The first kappa shape index (κ1) is 21.4. The van der Waals surface area contributed by atoms with Crippen molar-refractivity contribution in [2.24, 2.45) is 5.92 Å². The smallest absolute Gasteiger partial charge is 0.261 e. The van der Waals surface area contributed by atoms with Crippen LogP contribution in [0.5, 0.6) is 0 Å². The number of hydrogen-bond donors (Lipinski definition) is 2. The summed E-state index contributed by atoms with van der Waals surface area (Å²) < 4.78 is 28.8. The third kappa shape index (κ3) is 3.90. The normalized spacial score (nSPS) is 21.5. The van der Waals surface area contributed by atoms with Crippen molar-refractivity contribution in [1.82, 2.24) is 0 Å². The second-order valence-electron chi connectivity index (χ2n) is 8.36. The highest BCUT2D eigenvalue weighted by Crippen LogP contribution is 2.50. The average molecular weight is 485 g/mol. The summed E-state index contributed by atoms with van der Waals surface area (Å²) in [4.78, 5) is 0.196. The number of fused-ring (bicyclic) bond motifs is 3. The number of aryl methyl sites for hydroxylation is 1. The van der Waals surface area contributed by atoms with Gasteiger partial charge in [-0.2, -0.15) is 0 Å². The lowest BCUT2D eigenvalue weighted by molar-refractivity contribution is 0.425. The summed E-state index contributed by atoms with van der Waals surface area (Å²) in [5.74, 6) is 0.487. The highest BCUT2D eigenvalue weighted by atomic mass is 35.5. The number of anilines is 2. The van der Waals surface area contributed by atoms with Crippen LogP contribution in [0.4, 0.5) is 11.4 Å². The number of nitrogens with one attached hydrogen (secondary N) is 2. The Balaban J connectivity index is 1.49. The predicted molar refractivity (Wildman–Crippen MR) is 131 cm³/mol. The van der Waals surface area contributed by atoms with Crippen molar-refractivity contribution >= 4 is 44.6 Å². The first-order valence-electron chi connectivity index (χ1n) is 10.4. The average Bonchev–Trinajstić information content (AvgIpc) is 3.26. The number of allylic oxidation sites excluding steroid dienone is 2. The van der Waals surface area contributed by atoms with Gasteiger partial charge in [-0.3, -0.25) is 4.72 Å². The molecule has 0 saturated carbocycles. The summed E-state index contributed by atoms with van der Waals surface area (Å²) in [5.41, 5.74) is 4.69. The third-order valence-corrected chi connectivity index (χ3v) is 8.18. The van der Waals surface area contributed by atoms with Crippen LogP contribution < -0.4 is 10.0 Å². The van der Waals surface area contributed by atoms with Crippen LogP contribution in [-0.2, 0) is 10.0 Å². The number of hydrogen-bond acceptors (Lipinski definition) is 3. The van der Waals surface area contributed by atoms with E-state index in [1.54, 1.807) is 24.3 Å². The van der Waals surface area contributed by atoms with Gasteiger partial charge in [-0.1, -0.05) is 65.2 Å². The molecule has 0 aromatic heterocycles. The van der Waals surface area contributed by atoms with Crippen LogP contribution in [0.2, 0.25) is 10.0 Å². The molecule has 0 bridgehead atoms. The minimum Gasteiger partial charge on any atom is -0.378 e. The highest BCUT2D eigenvalue weighted by Gasteiger charge is 2.38. The molecule has 1 aliphatic carbocycles. The third-order valence-electron chi connectivity index (χ3n) is 6.25. The van der Waals surface area contributed by atoms with E-state index in [-0.39, 0.29) is 27.6 Å². The fraction of sp³-hybridized carbons (Fsp3) is 0.200. The molecule has 0 saturated heterocycles. The molecule has 0 spiro atoms. The van der Waals surface area contributed by atoms with Gasteiger partial charge < -0.3 is 5.32 Å². The molecule has 1 heterocycles. The molecule has 0 unspecified atom stereocenters. The Labute approximate surface area is 198 Å². The van der Waals surface area contributed by atoms with Crippen LogP contribution in [0.15, 0.2) is 77.7 Å². The quantitative estimate of drug-likeness (QED) is 0.394. The SMILES string of the molecule is Cc1ccc([C@H]2Nc3ccc(S(=O)(=O)Nc4cc(Cl)ccc4Cl)cc3[C@H]3C=CC[C@H]32)cc1. The van der Waals surface area contributed by atoms with Gasteiger partial charge in [-0.25, -0.2) is 8.42 Å². The highest BCUT2D eigenvalue weighted by molar-refractivity contribution is 7.92. The lowest BCUT2D eigenvalue weighted by Crippen LogP contribution is -2.29. The Morgan fingerprint density at radius 3 is 2.56 bits per heavy atom. The van der Waals surface area contributed by atoms with Gasteiger partial charge in [0.2, 0.25) is 0 Å². The van der Waals surface area contributed by atoms with Crippen LogP contribution in [-0.4, -0.2) is 8.42 Å². The lowest BCUT2D eigenvalue weighted by atomic mass is 9.77. The minimum atomic E-state index is -3.83. The molecule has 0 radical (unpaired) electrons. The van der Waals surface area contributed by atoms with E-state index in [4.69, 9.17) is 23.2 Å². The van der Waals surface area contributed by atoms with Crippen molar-refractivity contribution in [1.29, 1.82) is 0 Å². The van der Waals surface area contributed by atoms with Crippen molar-refractivity contribution in [3.63, 3.8) is 0 Å². The van der Waals surface area contributed by atoms with Gasteiger partial charge >= 0.3 is 0 Å². The number of halogens is 2. The summed E-state index contributed by atoms with van der Waals surface area (Å²) in [6, 6.07) is 18.7. The molecule has 2 N–H and O–H groups in total. The van der Waals surface area contributed by atoms with Gasteiger partial charge in [0, 0.05) is 16.6 Å². The molecule has 0 amide bonds. The second-order valence-corrected chi connectivity index (χ2v) is 10.9. The van der Waals surface area contributed by atoms with E-state index in [0.717, 1.165) is 17.7 Å². The van der Waals surface area contributed by atoms with Crippen molar-refractivity contribution in [3.05, 3.63) is 99.6 Å². The topological polar surface area (TPSA) is 58.2 Å². The van der Waals surface area contributed by atoms with Crippen LogP contribution in [0.1, 0.15) is 35.1 Å². The summed E-state index contributed by atoms with van der Waals surface area (Å²) in [6.07, 6.45) is 5.34. The molecule has 3 atom stereocenters. The summed E-state index contributed by atoms with van der Waals surface area (Å²) in [6.45, 7) is 2.08. The maximum atomic E-state index is 13.1. The molecule has 4 nitrogen and oxygen atoms in total. The maximum Gasteiger partial charge on any atom is 0.261 e. The summed E-state index contributed by atoms with van der Waals surface area (Å²) >= 11 is 12.2. The van der Waals surface area contributed by atoms with E-state index in [0.29, 0.717) is 10.9 Å². The van der Waals surface area contributed by atoms with Crippen LogP contribution in [0, 0.1) is 12.8 Å². The van der Waals surface area contributed by atoms with Gasteiger partial charge in [0.05, 0.1) is 21.6 Å². The Hall–Kier alpha value is -2.47. The zero-order valence-corrected chi connectivity index (χ0v) is 19.7. The van der Waals surface area contributed by atoms with E-state index in [1.807, 2.05) is 6.07 Å². The Morgan fingerprint density at radius 2 is 1.78 bits per heavy atom. The van der Waals surface area contributed by atoms with Gasteiger partial charge in [0.25, 0.3) is 10.0 Å². The fourth-order valence-electron chi connectivity index (χ4n) is 4.62. The Kier molecular flexibility index (Phi) is 5.44. The van der Waals surface area contributed by atoms with Crippen molar-refractivity contribution < 1.29 is 8.42 Å². The monoisotopic (exact) mass is 484 g/mol. The van der Waals surface area contributed by atoms with Crippen molar-refractivity contribution in [2.75, 3.05) is 10.0 Å². The second kappa shape index (κ2) is 8.14. The van der Waals surface area contributed by atoms with Crippen LogP contribution in [0.25, 0.3) is 0 Å². The van der Waals surface area contributed by atoms with Gasteiger partial charge in [-0.15, -0.1) is 0 Å². The zero-order valence-electron chi connectivity index (χ0n) is 17.3. The van der Waals surface area contributed by atoms with Gasteiger partial charge in [0.1, 0.15) is 0 Å². The molecule has 5 rings (SSSR count). The Bertz CT molecular complexity index is 1320. The van der Waals surface area contributed by atoms with E-state index >= 15 is 0 Å². The van der Waals surface area contributed by atoms with Crippen LogP contribution in [0.3, 0.4) is 0 Å². The van der Waals surface area contributed by atoms with Crippen molar-refractivity contribution in [3.8, 4) is 0 Å². The first-order chi connectivity index (χ1) is 15.3. The molecule has 32 heavy (non-hydrogen) atoms. The number of rotatable bonds is 4. The van der Waals surface area contributed by atoms with Crippen LogP contribution >= 0.6 is 23.2 Å². The molecule has 2 aliphatic rings. The van der Waals surface area contributed by atoms with Gasteiger partial charge in [0.15, 0.2) is 0 Å². The van der Waals surface area contributed by atoms with E-state index in [9.17, 15) is 8.42 Å². The van der Waals surface area contributed by atoms with E-state index in [1.165, 1.54) is 17.2 Å². The molecule has 1 aliphatic heterocycles. The first-order valence-corrected chi connectivity index (χ1v) is 12.7. The number of sulfonamides is 1. The minimum absolute atomic E-state index is 0.155. The van der Waals surface area contributed by atoms with E-state index in [2.05, 4.69) is 53.4 Å². The zero-order chi connectivity index (χ0) is 22.5. The Morgan fingerprint density at radius 1 is 1.00 bits per heavy atom. The summed E-state index contributed by atoms with van der Waals surface area (Å²) in [5, 5.41) is 4.35. The molecule has 3 aromatic carbocycles. The molecule has 3 aromatic rings. The van der Waals surface area contributed by atoms with E-state index < -0.39 is 10.0 Å². The standard InChI is InChI=1S/C25H22Cl2N2O2S/c1-15-5-7-16(8-6-15)25-20-4-2-3-19(20)21-14-18(10-12-23(21)28-25)32(30,31)29-24-13-17(26)9-11-22(24)27/h2-3,5-14,19-20,25,28-29H,4H2,1H3/t19-,20+,25+/m0/s1. The maximum absolute atomic E-state index is 13.1. The largest absolute Gasteiger partial charge is 0.378 e. The molecular weight excluding hydrogens is 463 g/mol. The summed E-state index contributed by atoms with van der Waals surface area (Å²) in [7, 11) is -3.83. The molecular formula is C25H22Cl2N2O2S. The fourth-order valence-corrected chi connectivity index (χ4v) is 6.12. The molecule has 0 fully saturated rings. The molecule has 7 heteroatoms. The lowest BCUT2D eigenvalue weighted by Gasteiger charge is -2.37. The van der Waals surface area contributed by atoms with Crippen molar-refractivity contribution in [2.45, 2.75) is 30.2 Å². The van der Waals surface area contributed by atoms with Gasteiger partial charge in [-0.05, 0) is 66.8 Å².